The number of carbonyl (C=O) groups excluding carboxylic acids is 1. The van der Waals surface area contributed by atoms with Crippen LogP contribution in [0.1, 0.15) is 32.1 Å². The van der Waals surface area contributed by atoms with E-state index in [1.54, 1.807) is 4.90 Å². The molecule has 1 amide bonds. The van der Waals surface area contributed by atoms with Crippen LogP contribution in [-0.2, 0) is 4.79 Å². The van der Waals surface area contributed by atoms with Gasteiger partial charge in [-0.2, -0.15) is 0 Å². The molecular formula is C16H25F2N3O. The topological polar surface area (TPSA) is 35.6 Å². The van der Waals surface area contributed by atoms with Crippen LogP contribution in [0.5, 0.6) is 0 Å². The molecule has 2 aliphatic heterocycles. The third-order valence-electron chi connectivity index (χ3n) is 6.20. The Labute approximate surface area is 130 Å². The minimum Gasteiger partial charge on any atom is -0.339 e. The Morgan fingerprint density at radius 3 is 2.41 bits per heavy atom. The Kier molecular flexibility index (Phi) is 3.64. The lowest BCUT2D eigenvalue weighted by Gasteiger charge is -2.41. The van der Waals surface area contributed by atoms with Gasteiger partial charge in [0.25, 0.3) is 5.92 Å². The average Bonchev–Trinajstić information content (AvgIpc) is 3.21. The van der Waals surface area contributed by atoms with Crippen LogP contribution in [0.3, 0.4) is 0 Å². The van der Waals surface area contributed by atoms with Gasteiger partial charge in [-0.3, -0.25) is 15.0 Å². The number of nitrogens with zero attached hydrogens (tertiary/aromatic N) is 2. The van der Waals surface area contributed by atoms with Crippen molar-refractivity contribution in [3.05, 3.63) is 0 Å². The molecular weight excluding hydrogens is 288 g/mol. The van der Waals surface area contributed by atoms with Crippen LogP contribution in [-0.4, -0.2) is 66.4 Å². The van der Waals surface area contributed by atoms with E-state index in [2.05, 4.69) is 10.2 Å². The summed E-state index contributed by atoms with van der Waals surface area (Å²) in [6.45, 7) is 2.83. The fraction of sp³-hybridized carbons (Fsp3) is 0.938. The molecule has 0 radical (unpaired) electrons. The van der Waals surface area contributed by atoms with Crippen molar-refractivity contribution in [2.24, 2.45) is 11.8 Å². The quantitative estimate of drug-likeness (QED) is 0.835. The van der Waals surface area contributed by atoms with E-state index in [1.807, 2.05) is 0 Å². The molecule has 0 spiro atoms. The van der Waals surface area contributed by atoms with Gasteiger partial charge in [0, 0.05) is 38.6 Å². The zero-order chi connectivity index (χ0) is 15.3. The van der Waals surface area contributed by atoms with Crippen molar-refractivity contribution in [1.29, 1.82) is 0 Å². The van der Waals surface area contributed by atoms with Crippen molar-refractivity contribution in [2.45, 2.75) is 50.1 Å². The zero-order valence-electron chi connectivity index (χ0n) is 12.9. The molecule has 2 saturated carbocycles. The van der Waals surface area contributed by atoms with Gasteiger partial charge >= 0.3 is 0 Å². The van der Waals surface area contributed by atoms with Crippen LogP contribution in [0.25, 0.3) is 0 Å². The number of piperazine rings is 1. The first-order valence-corrected chi connectivity index (χ1v) is 8.66. The summed E-state index contributed by atoms with van der Waals surface area (Å²) < 4.78 is 26.5. The van der Waals surface area contributed by atoms with E-state index in [1.165, 1.54) is 25.7 Å². The van der Waals surface area contributed by atoms with Crippen LogP contribution in [0, 0.1) is 11.8 Å². The Balaban J connectivity index is 1.30. The molecule has 2 aliphatic carbocycles. The number of rotatable bonds is 2. The van der Waals surface area contributed by atoms with Crippen molar-refractivity contribution in [1.82, 2.24) is 15.1 Å². The molecule has 22 heavy (non-hydrogen) atoms. The van der Waals surface area contributed by atoms with Crippen molar-refractivity contribution < 1.29 is 13.6 Å². The second-order valence-corrected chi connectivity index (χ2v) is 7.60. The predicted molar refractivity (Wildman–Crippen MR) is 78.7 cm³/mol. The number of hydrogen-bond donors (Lipinski definition) is 1. The highest BCUT2D eigenvalue weighted by Gasteiger charge is 2.45. The van der Waals surface area contributed by atoms with E-state index in [9.17, 15) is 13.6 Å². The number of amides is 1. The van der Waals surface area contributed by atoms with E-state index in [0.717, 1.165) is 24.9 Å². The summed E-state index contributed by atoms with van der Waals surface area (Å²) in [7, 11) is 0. The Hall–Kier alpha value is -0.750. The first-order chi connectivity index (χ1) is 10.5. The summed E-state index contributed by atoms with van der Waals surface area (Å²) in [5.41, 5.74) is 0. The predicted octanol–water partition coefficient (Wildman–Crippen LogP) is 1.32. The van der Waals surface area contributed by atoms with Crippen LogP contribution < -0.4 is 5.32 Å². The van der Waals surface area contributed by atoms with E-state index >= 15 is 0 Å². The average molecular weight is 313 g/mol. The molecule has 4 atom stereocenters. The van der Waals surface area contributed by atoms with Gasteiger partial charge in [0.15, 0.2) is 0 Å². The largest absolute Gasteiger partial charge is 0.339 e. The van der Waals surface area contributed by atoms with Crippen LogP contribution in [0.15, 0.2) is 0 Å². The van der Waals surface area contributed by atoms with Crippen molar-refractivity contribution >= 4 is 5.91 Å². The minimum absolute atomic E-state index is 0.134. The summed E-state index contributed by atoms with van der Waals surface area (Å²) in [6.07, 6.45) is 5.15. The van der Waals surface area contributed by atoms with E-state index in [4.69, 9.17) is 0 Å². The maximum atomic E-state index is 13.2. The van der Waals surface area contributed by atoms with Gasteiger partial charge in [0.2, 0.25) is 5.91 Å². The first kappa shape index (κ1) is 14.8. The van der Waals surface area contributed by atoms with E-state index in [-0.39, 0.29) is 18.9 Å². The van der Waals surface area contributed by atoms with E-state index in [0.29, 0.717) is 19.1 Å². The fourth-order valence-electron chi connectivity index (χ4n) is 5.04. The molecule has 124 valence electrons. The third-order valence-corrected chi connectivity index (χ3v) is 6.20. The number of fused-ring (bicyclic) bond motifs is 2. The molecule has 4 aliphatic rings. The highest BCUT2D eigenvalue weighted by atomic mass is 19.3. The molecule has 2 bridgehead atoms. The maximum Gasteiger partial charge on any atom is 0.262 e. The first-order valence-electron chi connectivity index (χ1n) is 8.66. The second-order valence-electron chi connectivity index (χ2n) is 7.60. The fourth-order valence-corrected chi connectivity index (χ4v) is 5.04. The monoisotopic (exact) mass is 313 g/mol. The summed E-state index contributed by atoms with van der Waals surface area (Å²) in [5.74, 6) is -1.07. The number of nitrogens with one attached hydrogen (secondary N) is 1. The van der Waals surface area contributed by atoms with E-state index < -0.39 is 12.0 Å². The van der Waals surface area contributed by atoms with Crippen LogP contribution in [0.2, 0.25) is 0 Å². The van der Waals surface area contributed by atoms with Gasteiger partial charge in [-0.05, 0) is 31.1 Å². The number of alkyl halides is 2. The van der Waals surface area contributed by atoms with Crippen molar-refractivity contribution in [3.8, 4) is 0 Å². The molecule has 4 unspecified atom stereocenters. The van der Waals surface area contributed by atoms with Crippen molar-refractivity contribution in [3.63, 3.8) is 0 Å². The molecule has 4 fully saturated rings. The molecule has 0 aromatic rings. The lowest BCUT2D eigenvalue weighted by molar-refractivity contribution is -0.136. The Morgan fingerprint density at radius 2 is 1.86 bits per heavy atom. The van der Waals surface area contributed by atoms with Gasteiger partial charge in [0.05, 0.1) is 12.6 Å². The SMILES string of the molecule is O=C(C1CC(F)(F)CN1)N1CCN(C2CC3CCC2C3)CC1. The molecule has 2 saturated heterocycles. The Bertz CT molecular complexity index is 451. The summed E-state index contributed by atoms with van der Waals surface area (Å²) in [5, 5.41) is 2.68. The van der Waals surface area contributed by atoms with Gasteiger partial charge < -0.3 is 4.90 Å². The van der Waals surface area contributed by atoms with Gasteiger partial charge in [-0.1, -0.05) is 6.42 Å². The minimum atomic E-state index is -2.73. The lowest BCUT2D eigenvalue weighted by atomic mass is 9.93. The third kappa shape index (κ3) is 2.64. The smallest absolute Gasteiger partial charge is 0.262 e. The highest BCUT2D eigenvalue weighted by Crippen LogP contribution is 2.46. The summed E-state index contributed by atoms with van der Waals surface area (Å²) in [6, 6.07) is 0.0222. The number of hydrogen-bond acceptors (Lipinski definition) is 3. The van der Waals surface area contributed by atoms with Gasteiger partial charge in [-0.25, -0.2) is 8.78 Å². The lowest BCUT2D eigenvalue weighted by Crippen LogP contribution is -2.55. The van der Waals surface area contributed by atoms with Gasteiger partial charge in [-0.15, -0.1) is 0 Å². The molecule has 4 rings (SSSR count). The standard InChI is InChI=1S/C16H25F2N3O/c17-16(18)9-13(19-10-16)15(22)21-5-3-20(4-6-21)14-8-11-1-2-12(14)7-11/h11-14,19H,1-10H2. The van der Waals surface area contributed by atoms with Crippen LogP contribution in [0.4, 0.5) is 8.78 Å². The summed E-state index contributed by atoms with van der Waals surface area (Å²) in [4.78, 5) is 16.7. The second kappa shape index (κ2) is 5.41. The normalized spacial score (nSPS) is 41.3. The number of halogens is 2. The molecule has 2 heterocycles. The van der Waals surface area contributed by atoms with Crippen molar-refractivity contribution in [2.75, 3.05) is 32.7 Å². The molecule has 0 aromatic heterocycles. The maximum absolute atomic E-state index is 13.2. The zero-order valence-corrected chi connectivity index (χ0v) is 12.9. The molecule has 1 N–H and O–H groups in total. The molecule has 6 heteroatoms. The Morgan fingerprint density at radius 1 is 1.09 bits per heavy atom. The highest BCUT2D eigenvalue weighted by molar-refractivity contribution is 5.82. The van der Waals surface area contributed by atoms with Gasteiger partial charge in [0.1, 0.15) is 0 Å². The molecule has 0 aromatic carbocycles. The number of carbonyl (C=O) groups is 1. The van der Waals surface area contributed by atoms with Crippen LogP contribution >= 0.6 is 0 Å². The summed E-state index contributed by atoms with van der Waals surface area (Å²) >= 11 is 0. The molecule has 4 nitrogen and oxygen atoms in total.